The topological polar surface area (TPSA) is 97.7 Å². The molecule has 0 aliphatic heterocycles. The highest BCUT2D eigenvalue weighted by atomic mass is 79.9. The Kier molecular flexibility index (Phi) is 6.71. The number of sulfonamides is 1. The first-order valence-corrected chi connectivity index (χ1v) is 9.82. The maximum atomic E-state index is 12.6. The maximum Gasteiger partial charge on any atom is 0.272 e. The van der Waals surface area contributed by atoms with Crippen molar-refractivity contribution in [2.75, 3.05) is 26.1 Å². The second kappa shape index (κ2) is 8.79. The van der Waals surface area contributed by atoms with E-state index < -0.39 is 14.9 Å². The Morgan fingerprint density at radius 2 is 1.63 bits per heavy atom. The lowest BCUT2D eigenvalue weighted by molar-refractivity contribution is 0.374. The van der Waals surface area contributed by atoms with Crippen molar-refractivity contribution < 1.29 is 22.6 Å². The van der Waals surface area contributed by atoms with Gasteiger partial charge >= 0.3 is 0 Å². The van der Waals surface area contributed by atoms with Crippen LogP contribution in [0.1, 0.15) is 5.56 Å². The average Bonchev–Trinajstić information content (AvgIpc) is 2.66. The van der Waals surface area contributed by atoms with Crippen LogP contribution < -0.4 is 18.9 Å². The summed E-state index contributed by atoms with van der Waals surface area (Å²) in [4.78, 5) is -0.493. The second-order valence-corrected chi connectivity index (χ2v) is 7.74. The molecular weight excluding hydrogens is 436 g/mol. The van der Waals surface area contributed by atoms with Gasteiger partial charge in [-0.3, -0.25) is 4.72 Å². The molecular formula is C18H17BrN2O5S. The van der Waals surface area contributed by atoms with Crippen LogP contribution in [0.3, 0.4) is 0 Å². The summed E-state index contributed by atoms with van der Waals surface area (Å²) in [5.74, 6) is 1.07. The van der Waals surface area contributed by atoms with Gasteiger partial charge in [0.25, 0.3) is 10.0 Å². The first-order chi connectivity index (χ1) is 12.8. The Hall–Kier alpha value is -2.70. The molecule has 2 aromatic rings. The van der Waals surface area contributed by atoms with Crippen molar-refractivity contribution >= 4 is 37.7 Å². The molecule has 0 unspecified atom stereocenters. The predicted molar refractivity (Wildman–Crippen MR) is 106 cm³/mol. The third kappa shape index (κ3) is 4.93. The molecule has 7 nitrogen and oxygen atoms in total. The number of hydrogen-bond acceptors (Lipinski definition) is 6. The molecule has 1 N–H and O–H groups in total. The number of halogens is 1. The molecule has 0 amide bonds. The quantitative estimate of drug-likeness (QED) is 0.641. The summed E-state index contributed by atoms with van der Waals surface area (Å²) in [6.07, 6.45) is 1.19. The molecule has 0 aromatic heterocycles. The molecule has 142 valence electrons. The zero-order valence-electron chi connectivity index (χ0n) is 14.8. The lowest BCUT2D eigenvalue weighted by Gasteiger charge is -2.13. The monoisotopic (exact) mass is 452 g/mol. The number of nitriles is 1. The van der Waals surface area contributed by atoms with Crippen molar-refractivity contribution in [1.82, 2.24) is 0 Å². The minimum absolute atomic E-state index is 0.304. The molecule has 0 radical (unpaired) electrons. The highest BCUT2D eigenvalue weighted by Crippen LogP contribution is 2.36. The van der Waals surface area contributed by atoms with Gasteiger partial charge in [0.2, 0.25) is 0 Å². The number of allylic oxidation sites excluding steroid dienone is 1. The average molecular weight is 453 g/mol. The number of nitrogens with zero attached hydrogens (tertiary/aromatic N) is 1. The van der Waals surface area contributed by atoms with Gasteiger partial charge in [-0.05, 0) is 30.3 Å². The van der Waals surface area contributed by atoms with E-state index in [1.54, 1.807) is 42.5 Å². The van der Waals surface area contributed by atoms with Crippen LogP contribution in [0.5, 0.6) is 17.2 Å². The molecule has 2 aromatic carbocycles. The van der Waals surface area contributed by atoms with Gasteiger partial charge in [0.05, 0.1) is 26.9 Å². The van der Waals surface area contributed by atoms with Gasteiger partial charge < -0.3 is 14.2 Å². The molecule has 9 heteroatoms. The molecule has 0 atom stereocenters. The number of rotatable bonds is 7. The van der Waals surface area contributed by atoms with Crippen LogP contribution in [0.2, 0.25) is 0 Å². The maximum absolute atomic E-state index is 12.6. The fourth-order valence-electron chi connectivity index (χ4n) is 2.20. The third-order valence-electron chi connectivity index (χ3n) is 3.52. The summed E-state index contributed by atoms with van der Waals surface area (Å²) in [7, 11) is 0.219. The molecule has 0 aliphatic rings. The molecule has 0 spiro atoms. The Morgan fingerprint density at radius 3 is 2.07 bits per heavy atom. The fourth-order valence-corrected chi connectivity index (χ4v) is 3.42. The van der Waals surface area contributed by atoms with E-state index in [9.17, 15) is 13.7 Å². The minimum atomic E-state index is -4.11. The Bertz CT molecular complexity index is 970. The van der Waals surface area contributed by atoms with E-state index in [-0.39, 0.29) is 0 Å². The van der Waals surface area contributed by atoms with Crippen molar-refractivity contribution in [3.8, 4) is 23.3 Å². The lowest BCUT2D eigenvalue weighted by atomic mass is 10.1. The summed E-state index contributed by atoms with van der Waals surface area (Å²) in [5, 5.41) is 9.42. The molecule has 0 bridgehead atoms. The molecule has 0 fully saturated rings. The van der Waals surface area contributed by atoms with E-state index in [0.717, 1.165) is 4.47 Å². The second-order valence-electron chi connectivity index (χ2n) is 5.18. The van der Waals surface area contributed by atoms with Crippen molar-refractivity contribution in [3.63, 3.8) is 0 Å². The van der Waals surface area contributed by atoms with Gasteiger partial charge in [-0.2, -0.15) is 5.26 Å². The molecule has 27 heavy (non-hydrogen) atoms. The van der Waals surface area contributed by atoms with E-state index >= 15 is 0 Å². The van der Waals surface area contributed by atoms with Crippen LogP contribution in [0.15, 0.2) is 45.8 Å². The molecule has 2 rings (SSSR count). The summed E-state index contributed by atoms with van der Waals surface area (Å²) >= 11 is 3.28. The largest absolute Gasteiger partial charge is 0.496 e. The standard InChI is InChI=1S/C18H17BrN2O5S/c1-24-14-8-17(25-2)16(18(9-14)26-3)10-15(11-20)27(22,23)21-13-6-4-12(19)5-7-13/h4-10,21H,1-3H3/b15-10-. The number of anilines is 1. The normalized spacial score (nSPS) is 11.4. The van der Waals surface area contributed by atoms with Crippen molar-refractivity contribution in [2.45, 2.75) is 0 Å². The Labute approximate surface area is 166 Å². The molecule has 0 heterocycles. The van der Waals surface area contributed by atoms with Crippen LogP contribution in [-0.2, 0) is 10.0 Å². The zero-order chi connectivity index (χ0) is 20.0. The van der Waals surface area contributed by atoms with Gasteiger partial charge in [0.15, 0.2) is 4.91 Å². The molecule has 0 saturated carbocycles. The minimum Gasteiger partial charge on any atom is -0.496 e. The van der Waals surface area contributed by atoms with Crippen molar-refractivity contribution in [3.05, 3.63) is 51.3 Å². The van der Waals surface area contributed by atoms with Crippen molar-refractivity contribution in [1.29, 1.82) is 5.26 Å². The van der Waals surface area contributed by atoms with E-state index in [4.69, 9.17) is 14.2 Å². The summed E-state index contributed by atoms with van der Waals surface area (Å²) in [5.41, 5.74) is 0.631. The Balaban J connectivity index is 2.51. The molecule has 0 saturated heterocycles. The van der Waals surface area contributed by atoms with Gasteiger partial charge in [-0.15, -0.1) is 0 Å². The summed E-state index contributed by atoms with van der Waals surface area (Å²) < 4.78 is 44.1. The van der Waals surface area contributed by atoms with Crippen LogP contribution in [-0.4, -0.2) is 29.7 Å². The van der Waals surface area contributed by atoms with Gasteiger partial charge in [-0.25, -0.2) is 8.42 Å². The predicted octanol–water partition coefficient (Wildman–Crippen LogP) is 3.78. The Morgan fingerprint density at radius 1 is 1.07 bits per heavy atom. The first kappa shape index (κ1) is 20.6. The number of nitrogens with one attached hydrogen (secondary N) is 1. The van der Waals surface area contributed by atoms with E-state index in [1.165, 1.54) is 27.4 Å². The van der Waals surface area contributed by atoms with Crippen LogP contribution in [0, 0.1) is 11.3 Å². The SMILES string of the molecule is COc1cc(OC)c(/C=C(/C#N)S(=O)(=O)Nc2ccc(Br)cc2)c(OC)c1. The van der Waals surface area contributed by atoms with Crippen LogP contribution >= 0.6 is 15.9 Å². The van der Waals surface area contributed by atoms with Gasteiger partial charge in [0.1, 0.15) is 23.3 Å². The molecule has 0 aliphatic carbocycles. The number of ether oxygens (including phenoxy) is 3. The van der Waals surface area contributed by atoms with Crippen molar-refractivity contribution in [2.24, 2.45) is 0 Å². The van der Waals surface area contributed by atoms with Crippen LogP contribution in [0.25, 0.3) is 6.08 Å². The fraction of sp³-hybridized carbons (Fsp3) is 0.167. The summed E-state index contributed by atoms with van der Waals surface area (Å²) in [6.45, 7) is 0. The summed E-state index contributed by atoms with van der Waals surface area (Å²) in [6, 6.07) is 11.4. The number of benzene rings is 2. The van der Waals surface area contributed by atoms with E-state index in [0.29, 0.717) is 28.5 Å². The highest BCUT2D eigenvalue weighted by Gasteiger charge is 2.21. The zero-order valence-corrected chi connectivity index (χ0v) is 17.2. The van der Waals surface area contributed by atoms with E-state index in [2.05, 4.69) is 20.7 Å². The third-order valence-corrected chi connectivity index (χ3v) is 5.35. The highest BCUT2D eigenvalue weighted by molar-refractivity contribution is 9.10. The van der Waals surface area contributed by atoms with Gasteiger partial charge in [-0.1, -0.05) is 15.9 Å². The first-order valence-electron chi connectivity index (χ1n) is 7.54. The van der Waals surface area contributed by atoms with Gasteiger partial charge in [0, 0.05) is 22.3 Å². The van der Waals surface area contributed by atoms with E-state index in [1.807, 2.05) is 0 Å². The smallest absolute Gasteiger partial charge is 0.272 e. The van der Waals surface area contributed by atoms with Crippen LogP contribution in [0.4, 0.5) is 5.69 Å². The number of methoxy groups -OCH3 is 3. The number of hydrogen-bond donors (Lipinski definition) is 1. The lowest BCUT2D eigenvalue weighted by Crippen LogP contribution is -2.14.